The second-order valence-electron chi connectivity index (χ2n) is 8.78. The van der Waals surface area contributed by atoms with Crippen LogP contribution in [-0.2, 0) is 15.4 Å². The highest BCUT2D eigenvalue weighted by atomic mass is 32.2. The van der Waals surface area contributed by atoms with Gasteiger partial charge in [0.2, 0.25) is 10.0 Å². The molecule has 3 rings (SSSR count). The van der Waals surface area contributed by atoms with Crippen LogP contribution in [0, 0.1) is 13.8 Å². The molecule has 146 valence electrons. The standard InChI is InChI=1S/C20H33N3O2S/c1-15-12-17(20(3,4)5)13-16(2)19(15)26(24,25)23-9-6-18(14-23)22-10-7-21-8-11-22/h12-13,18,21H,6-11,14H2,1-5H3. The molecule has 1 atom stereocenters. The van der Waals surface area contributed by atoms with E-state index in [1.54, 1.807) is 4.31 Å². The molecule has 1 aromatic rings. The Kier molecular flexibility index (Phi) is 5.50. The number of benzene rings is 1. The first-order valence-corrected chi connectivity index (χ1v) is 11.1. The van der Waals surface area contributed by atoms with Crippen LogP contribution >= 0.6 is 0 Å². The zero-order valence-electron chi connectivity index (χ0n) is 16.8. The third kappa shape index (κ3) is 3.84. The molecule has 2 aliphatic rings. The molecule has 2 fully saturated rings. The Hall–Kier alpha value is -0.950. The van der Waals surface area contributed by atoms with Gasteiger partial charge in [0.15, 0.2) is 0 Å². The summed E-state index contributed by atoms with van der Waals surface area (Å²) in [5, 5.41) is 3.36. The van der Waals surface area contributed by atoms with E-state index in [-0.39, 0.29) is 5.41 Å². The summed E-state index contributed by atoms with van der Waals surface area (Å²) in [4.78, 5) is 2.94. The monoisotopic (exact) mass is 379 g/mol. The third-order valence-corrected chi connectivity index (χ3v) is 7.89. The SMILES string of the molecule is Cc1cc(C(C)(C)C)cc(C)c1S(=O)(=O)N1CCC(N2CCNCC2)C1. The number of hydrogen-bond donors (Lipinski definition) is 1. The van der Waals surface area contributed by atoms with Crippen molar-refractivity contribution in [1.82, 2.24) is 14.5 Å². The quantitative estimate of drug-likeness (QED) is 0.875. The third-order valence-electron chi connectivity index (χ3n) is 5.72. The largest absolute Gasteiger partial charge is 0.314 e. The molecule has 26 heavy (non-hydrogen) atoms. The van der Waals surface area contributed by atoms with E-state index in [4.69, 9.17) is 0 Å². The van der Waals surface area contributed by atoms with Gasteiger partial charge in [-0.2, -0.15) is 4.31 Å². The lowest BCUT2D eigenvalue weighted by Gasteiger charge is -2.32. The van der Waals surface area contributed by atoms with Crippen molar-refractivity contribution < 1.29 is 8.42 Å². The normalized spacial score (nSPS) is 23.5. The van der Waals surface area contributed by atoms with Gasteiger partial charge in [0.05, 0.1) is 4.90 Å². The molecule has 0 bridgehead atoms. The highest BCUT2D eigenvalue weighted by Gasteiger charge is 2.37. The average molecular weight is 380 g/mol. The first-order chi connectivity index (χ1) is 12.1. The van der Waals surface area contributed by atoms with Crippen LogP contribution in [0.15, 0.2) is 17.0 Å². The predicted octanol–water partition coefficient (Wildman–Crippen LogP) is 2.27. The molecular formula is C20H33N3O2S. The molecule has 0 aromatic heterocycles. The van der Waals surface area contributed by atoms with Crippen LogP contribution in [0.3, 0.4) is 0 Å². The summed E-state index contributed by atoms with van der Waals surface area (Å²) in [6.45, 7) is 15.6. The van der Waals surface area contributed by atoms with Crippen molar-refractivity contribution in [2.75, 3.05) is 39.3 Å². The predicted molar refractivity (Wildman–Crippen MR) is 106 cm³/mol. The molecule has 0 aliphatic carbocycles. The molecule has 1 aromatic carbocycles. The van der Waals surface area contributed by atoms with E-state index in [1.807, 2.05) is 26.0 Å². The van der Waals surface area contributed by atoms with Crippen molar-refractivity contribution >= 4 is 10.0 Å². The molecule has 2 saturated heterocycles. The van der Waals surface area contributed by atoms with Crippen LogP contribution in [0.1, 0.15) is 43.9 Å². The molecular weight excluding hydrogens is 346 g/mol. The Bertz CT molecular complexity index is 739. The van der Waals surface area contributed by atoms with Crippen LogP contribution in [0.2, 0.25) is 0 Å². The van der Waals surface area contributed by atoms with Crippen LogP contribution in [0.4, 0.5) is 0 Å². The summed E-state index contributed by atoms with van der Waals surface area (Å²) in [5.41, 5.74) is 2.92. The summed E-state index contributed by atoms with van der Waals surface area (Å²) in [7, 11) is -3.44. The zero-order valence-corrected chi connectivity index (χ0v) is 17.6. The Morgan fingerprint density at radius 3 is 2.15 bits per heavy atom. The van der Waals surface area contributed by atoms with E-state index in [1.165, 1.54) is 5.56 Å². The van der Waals surface area contributed by atoms with Crippen molar-refractivity contribution in [3.05, 3.63) is 28.8 Å². The lowest BCUT2D eigenvalue weighted by Crippen LogP contribution is -2.49. The van der Waals surface area contributed by atoms with Crippen molar-refractivity contribution in [3.8, 4) is 0 Å². The second-order valence-corrected chi connectivity index (χ2v) is 10.7. The number of aryl methyl sites for hydroxylation is 2. The van der Waals surface area contributed by atoms with Crippen LogP contribution in [0.5, 0.6) is 0 Å². The zero-order chi connectivity index (χ0) is 19.1. The second kappa shape index (κ2) is 7.23. The van der Waals surface area contributed by atoms with E-state index >= 15 is 0 Å². The van der Waals surface area contributed by atoms with E-state index in [2.05, 4.69) is 31.0 Å². The van der Waals surface area contributed by atoms with Crippen molar-refractivity contribution in [2.24, 2.45) is 0 Å². The maximum Gasteiger partial charge on any atom is 0.243 e. The lowest BCUT2D eigenvalue weighted by atomic mass is 9.85. The highest BCUT2D eigenvalue weighted by molar-refractivity contribution is 7.89. The summed E-state index contributed by atoms with van der Waals surface area (Å²) in [6, 6.07) is 4.44. The van der Waals surface area contributed by atoms with E-state index in [0.717, 1.165) is 43.7 Å². The van der Waals surface area contributed by atoms with Gasteiger partial charge in [-0.15, -0.1) is 0 Å². The molecule has 0 amide bonds. The molecule has 0 saturated carbocycles. The molecule has 6 heteroatoms. The Labute approximate surface area is 158 Å². The average Bonchev–Trinajstić information content (AvgIpc) is 3.05. The molecule has 2 heterocycles. The fourth-order valence-electron chi connectivity index (χ4n) is 4.19. The number of nitrogens with one attached hydrogen (secondary N) is 1. The number of nitrogens with zero attached hydrogens (tertiary/aromatic N) is 2. The van der Waals surface area contributed by atoms with Gasteiger partial charge in [-0.25, -0.2) is 8.42 Å². The maximum atomic E-state index is 13.4. The van der Waals surface area contributed by atoms with Gasteiger partial charge in [-0.3, -0.25) is 4.90 Å². The van der Waals surface area contributed by atoms with Crippen LogP contribution in [-0.4, -0.2) is 62.9 Å². The van der Waals surface area contributed by atoms with Gasteiger partial charge in [0.1, 0.15) is 0 Å². The first kappa shape index (κ1) is 19.8. The van der Waals surface area contributed by atoms with Crippen molar-refractivity contribution in [2.45, 2.75) is 57.4 Å². The van der Waals surface area contributed by atoms with Gasteiger partial charge in [-0.1, -0.05) is 32.9 Å². The fraction of sp³-hybridized carbons (Fsp3) is 0.700. The Balaban J connectivity index is 1.85. The summed E-state index contributed by atoms with van der Waals surface area (Å²) < 4.78 is 28.4. The van der Waals surface area contributed by atoms with Gasteiger partial charge < -0.3 is 5.32 Å². The topological polar surface area (TPSA) is 52.7 Å². The minimum absolute atomic E-state index is 0.0127. The molecule has 0 spiro atoms. The summed E-state index contributed by atoms with van der Waals surface area (Å²) in [5.74, 6) is 0. The van der Waals surface area contributed by atoms with E-state index in [0.29, 0.717) is 24.0 Å². The van der Waals surface area contributed by atoms with E-state index < -0.39 is 10.0 Å². The maximum absolute atomic E-state index is 13.4. The Morgan fingerprint density at radius 1 is 1.04 bits per heavy atom. The number of rotatable bonds is 3. The van der Waals surface area contributed by atoms with Gasteiger partial charge in [0.25, 0.3) is 0 Å². The first-order valence-electron chi connectivity index (χ1n) is 9.67. The van der Waals surface area contributed by atoms with Gasteiger partial charge in [-0.05, 0) is 42.4 Å². The minimum atomic E-state index is -3.44. The summed E-state index contributed by atoms with van der Waals surface area (Å²) in [6.07, 6.45) is 0.928. The minimum Gasteiger partial charge on any atom is -0.314 e. The van der Waals surface area contributed by atoms with Gasteiger partial charge in [0, 0.05) is 45.3 Å². The molecule has 0 radical (unpaired) electrons. The molecule has 2 aliphatic heterocycles. The van der Waals surface area contributed by atoms with Crippen molar-refractivity contribution in [1.29, 1.82) is 0 Å². The summed E-state index contributed by atoms with van der Waals surface area (Å²) >= 11 is 0. The lowest BCUT2D eigenvalue weighted by molar-refractivity contribution is 0.179. The molecule has 5 nitrogen and oxygen atoms in total. The van der Waals surface area contributed by atoms with Crippen LogP contribution < -0.4 is 5.32 Å². The van der Waals surface area contributed by atoms with E-state index in [9.17, 15) is 8.42 Å². The molecule has 1 N–H and O–H groups in total. The smallest absolute Gasteiger partial charge is 0.243 e. The van der Waals surface area contributed by atoms with Crippen LogP contribution in [0.25, 0.3) is 0 Å². The Morgan fingerprint density at radius 2 is 1.62 bits per heavy atom. The fourth-order valence-corrected chi connectivity index (χ4v) is 6.10. The number of sulfonamides is 1. The number of hydrogen-bond acceptors (Lipinski definition) is 4. The van der Waals surface area contributed by atoms with Crippen molar-refractivity contribution in [3.63, 3.8) is 0 Å². The highest BCUT2D eigenvalue weighted by Crippen LogP contribution is 2.32. The van der Waals surface area contributed by atoms with Gasteiger partial charge >= 0.3 is 0 Å². The number of piperazine rings is 1. The molecule has 1 unspecified atom stereocenters.